The zero-order chi connectivity index (χ0) is 18.7. The fourth-order valence-corrected chi connectivity index (χ4v) is 4.89. The number of carbonyl (C=O) groups excluding carboxylic acids is 1. The first-order valence-corrected chi connectivity index (χ1v) is 9.42. The molecule has 27 heavy (non-hydrogen) atoms. The summed E-state index contributed by atoms with van der Waals surface area (Å²) in [6, 6.07) is 13.6. The van der Waals surface area contributed by atoms with Gasteiger partial charge in [0.15, 0.2) is 6.10 Å². The molecule has 1 saturated carbocycles. The van der Waals surface area contributed by atoms with Gasteiger partial charge in [0.05, 0.1) is 17.7 Å². The summed E-state index contributed by atoms with van der Waals surface area (Å²) in [4.78, 5) is 24.7. The van der Waals surface area contributed by atoms with Gasteiger partial charge in [-0.05, 0) is 44.0 Å². The highest BCUT2D eigenvalue weighted by molar-refractivity contribution is 6.06. The van der Waals surface area contributed by atoms with Crippen molar-refractivity contribution in [3.8, 4) is 0 Å². The van der Waals surface area contributed by atoms with Crippen molar-refractivity contribution in [1.82, 2.24) is 5.06 Å². The lowest BCUT2D eigenvalue weighted by Crippen LogP contribution is -2.49. The van der Waals surface area contributed by atoms with Crippen molar-refractivity contribution in [2.24, 2.45) is 11.1 Å². The quantitative estimate of drug-likeness (QED) is 0.821. The zero-order valence-corrected chi connectivity index (χ0v) is 15.7. The molecule has 0 unspecified atom stereocenters. The van der Waals surface area contributed by atoms with Crippen molar-refractivity contribution < 1.29 is 14.5 Å². The van der Waals surface area contributed by atoms with Crippen LogP contribution >= 0.6 is 0 Å². The maximum absolute atomic E-state index is 13.0. The molecular weight excluding hydrogens is 340 g/mol. The van der Waals surface area contributed by atoms with E-state index in [1.54, 1.807) is 5.06 Å². The molecule has 2 fully saturated rings. The lowest BCUT2D eigenvalue weighted by molar-refractivity contribution is -0.196. The van der Waals surface area contributed by atoms with Gasteiger partial charge in [-0.1, -0.05) is 41.1 Å². The van der Waals surface area contributed by atoms with Gasteiger partial charge in [-0.15, -0.1) is 0 Å². The molecule has 0 N–H and O–H groups in total. The highest BCUT2D eigenvalue weighted by Crippen LogP contribution is 2.47. The number of rotatable bonds is 2. The number of benzene rings is 2. The molecule has 138 valence electrons. The third-order valence-corrected chi connectivity index (χ3v) is 5.90. The largest absolute Gasteiger partial charge is 0.389 e. The first kappa shape index (κ1) is 16.5. The molecule has 4 atom stereocenters. The molecule has 0 spiro atoms. The molecule has 2 heterocycles. The van der Waals surface area contributed by atoms with E-state index in [2.05, 4.69) is 38.1 Å². The molecule has 1 amide bonds. The molecule has 0 radical (unpaired) electrons. The van der Waals surface area contributed by atoms with Crippen molar-refractivity contribution in [2.45, 2.75) is 45.4 Å². The minimum Gasteiger partial charge on any atom is -0.389 e. The fourth-order valence-electron chi connectivity index (χ4n) is 4.89. The highest BCUT2D eigenvalue weighted by atomic mass is 16.7. The molecule has 1 saturated heterocycles. The second-order valence-electron chi connectivity index (χ2n) is 7.79. The molecule has 5 nitrogen and oxygen atoms in total. The normalized spacial score (nSPS) is 28.1. The van der Waals surface area contributed by atoms with E-state index in [4.69, 9.17) is 9.68 Å². The summed E-state index contributed by atoms with van der Waals surface area (Å²) in [7, 11) is 0. The number of nitrogens with zero attached hydrogens (tertiary/aromatic N) is 2. The van der Waals surface area contributed by atoms with Crippen LogP contribution in [0, 0.1) is 26.7 Å². The topological polar surface area (TPSA) is 51.1 Å². The standard InChI is InChI=1S/C22H22N2O3/c1-12-9-13(2)18(14(3)10-12)20-19-16-11-17(21(19)26-23-20)27-24(16)22(25)15-7-5-4-6-8-15/h4-10,16-17,19,21H,11H2,1-3H3/t16-,17+,19-,21-/m1/s1. The summed E-state index contributed by atoms with van der Waals surface area (Å²) < 4.78 is 0. The molecular formula is C22H22N2O3. The summed E-state index contributed by atoms with van der Waals surface area (Å²) in [6.45, 7) is 6.33. The summed E-state index contributed by atoms with van der Waals surface area (Å²) in [5, 5.41) is 6.01. The Bertz CT molecular complexity index is 930. The zero-order valence-electron chi connectivity index (χ0n) is 15.7. The van der Waals surface area contributed by atoms with Crippen LogP contribution in [0.1, 0.15) is 39.0 Å². The predicted octanol–water partition coefficient (Wildman–Crippen LogP) is 3.56. The number of carbonyl (C=O) groups is 1. The number of hydrogen-bond donors (Lipinski definition) is 0. The van der Waals surface area contributed by atoms with Crippen molar-refractivity contribution >= 4 is 11.6 Å². The van der Waals surface area contributed by atoms with Crippen LogP contribution in [-0.4, -0.2) is 34.9 Å². The van der Waals surface area contributed by atoms with E-state index < -0.39 is 0 Å². The van der Waals surface area contributed by atoms with Crippen molar-refractivity contribution in [3.63, 3.8) is 0 Å². The number of hydrogen-bond acceptors (Lipinski definition) is 4. The maximum atomic E-state index is 13.0. The SMILES string of the molecule is Cc1cc(C)c(C2=NO[C@H]3[C@@H]2[C@H]2C[C@@H]3ON2C(=O)c2ccccc2)c(C)c1. The van der Waals surface area contributed by atoms with Crippen LogP contribution in [0.4, 0.5) is 0 Å². The molecule has 2 aliphatic heterocycles. The Balaban J connectivity index is 1.49. The van der Waals surface area contributed by atoms with Crippen molar-refractivity contribution in [3.05, 3.63) is 70.3 Å². The highest BCUT2D eigenvalue weighted by Gasteiger charge is 2.61. The van der Waals surface area contributed by atoms with Crippen LogP contribution in [0.5, 0.6) is 0 Å². The summed E-state index contributed by atoms with van der Waals surface area (Å²) in [5.74, 6) is -0.0401. The minimum absolute atomic E-state index is 0.0472. The Morgan fingerprint density at radius 1 is 1.11 bits per heavy atom. The van der Waals surface area contributed by atoms with Gasteiger partial charge < -0.3 is 4.84 Å². The van der Waals surface area contributed by atoms with Crippen molar-refractivity contribution in [2.75, 3.05) is 0 Å². The minimum atomic E-state index is -0.125. The van der Waals surface area contributed by atoms with Crippen LogP contribution in [-0.2, 0) is 9.68 Å². The molecule has 3 aliphatic rings. The first-order chi connectivity index (χ1) is 13.0. The third kappa shape index (κ3) is 2.42. The third-order valence-electron chi connectivity index (χ3n) is 5.90. The molecule has 2 aromatic carbocycles. The molecule has 2 bridgehead atoms. The molecule has 1 aliphatic carbocycles. The Hall–Kier alpha value is -2.66. The van der Waals surface area contributed by atoms with Gasteiger partial charge in [-0.25, -0.2) is 5.06 Å². The number of amides is 1. The molecule has 0 aromatic heterocycles. The number of fused-ring (bicyclic) bond motifs is 5. The van der Waals surface area contributed by atoms with Gasteiger partial charge in [-0.2, -0.15) is 0 Å². The van der Waals surface area contributed by atoms with E-state index in [0.717, 1.165) is 17.7 Å². The van der Waals surface area contributed by atoms with E-state index in [1.807, 2.05) is 30.3 Å². The van der Waals surface area contributed by atoms with E-state index in [0.29, 0.717) is 5.56 Å². The fraction of sp³-hybridized carbons (Fsp3) is 0.364. The molecule has 2 aromatic rings. The van der Waals surface area contributed by atoms with Gasteiger partial charge in [0.2, 0.25) is 0 Å². The van der Waals surface area contributed by atoms with E-state index in [-0.39, 0.29) is 30.1 Å². The van der Waals surface area contributed by atoms with Gasteiger partial charge >= 0.3 is 0 Å². The summed E-state index contributed by atoms with van der Waals surface area (Å²) in [5.41, 5.74) is 6.37. The number of oxime groups is 1. The van der Waals surface area contributed by atoms with Crippen LogP contribution < -0.4 is 0 Å². The lowest BCUT2D eigenvalue weighted by atomic mass is 9.85. The Labute approximate surface area is 158 Å². The Morgan fingerprint density at radius 3 is 2.52 bits per heavy atom. The smallest absolute Gasteiger partial charge is 0.277 e. The van der Waals surface area contributed by atoms with Crippen LogP contribution in [0.25, 0.3) is 0 Å². The van der Waals surface area contributed by atoms with E-state index in [1.165, 1.54) is 16.7 Å². The Kier molecular flexibility index (Phi) is 3.62. The van der Waals surface area contributed by atoms with Crippen LogP contribution in [0.2, 0.25) is 0 Å². The van der Waals surface area contributed by atoms with Gasteiger partial charge in [0.1, 0.15) is 6.10 Å². The van der Waals surface area contributed by atoms with E-state index >= 15 is 0 Å². The monoisotopic (exact) mass is 362 g/mol. The predicted molar refractivity (Wildman–Crippen MR) is 101 cm³/mol. The second kappa shape index (κ2) is 5.92. The number of aryl methyl sites for hydroxylation is 3. The lowest BCUT2D eigenvalue weighted by Gasteiger charge is -2.33. The second-order valence-corrected chi connectivity index (χ2v) is 7.79. The average Bonchev–Trinajstić information content (AvgIpc) is 3.33. The van der Waals surface area contributed by atoms with Gasteiger partial charge in [0.25, 0.3) is 5.91 Å². The van der Waals surface area contributed by atoms with E-state index in [9.17, 15) is 4.79 Å². The maximum Gasteiger partial charge on any atom is 0.277 e. The molecule has 5 heteroatoms. The van der Waals surface area contributed by atoms with Crippen molar-refractivity contribution in [1.29, 1.82) is 0 Å². The van der Waals surface area contributed by atoms with Crippen LogP contribution in [0.3, 0.4) is 0 Å². The summed E-state index contributed by atoms with van der Waals surface area (Å²) >= 11 is 0. The van der Waals surface area contributed by atoms with Gasteiger partial charge in [0, 0.05) is 17.5 Å². The first-order valence-electron chi connectivity index (χ1n) is 9.42. The van der Waals surface area contributed by atoms with Gasteiger partial charge in [-0.3, -0.25) is 9.63 Å². The summed E-state index contributed by atoms with van der Waals surface area (Å²) in [6.07, 6.45) is 0.557. The molecule has 5 rings (SSSR count). The number of hydroxylamine groups is 2. The Morgan fingerprint density at radius 2 is 1.81 bits per heavy atom. The average molecular weight is 362 g/mol. The van der Waals surface area contributed by atoms with Crippen LogP contribution in [0.15, 0.2) is 47.6 Å².